The Morgan fingerprint density at radius 1 is 0.923 bits per heavy atom. The summed E-state index contributed by atoms with van der Waals surface area (Å²) in [6.45, 7) is 4.78. The molecule has 0 bridgehead atoms. The third-order valence-corrected chi connectivity index (χ3v) is 7.06. The van der Waals surface area contributed by atoms with Crippen LogP contribution in [0.25, 0.3) is 16.6 Å². The Hall–Kier alpha value is -2.06. The molecule has 0 saturated heterocycles. The van der Waals surface area contributed by atoms with E-state index in [9.17, 15) is 0 Å². The molecular weight excluding hydrogens is 316 g/mol. The molecule has 2 nitrogen and oxygen atoms in total. The van der Waals surface area contributed by atoms with E-state index >= 15 is 0 Å². The van der Waals surface area contributed by atoms with Gasteiger partial charge in [-0.05, 0) is 61.3 Å². The van der Waals surface area contributed by atoms with Crippen LogP contribution in [0, 0.1) is 5.92 Å². The molecule has 2 heteroatoms. The van der Waals surface area contributed by atoms with E-state index in [1.807, 2.05) is 0 Å². The second-order valence-electron chi connectivity index (χ2n) is 8.50. The minimum atomic E-state index is 0.741. The van der Waals surface area contributed by atoms with Crippen molar-refractivity contribution in [2.24, 2.45) is 5.92 Å². The summed E-state index contributed by atoms with van der Waals surface area (Å²) < 4.78 is 2.63. The second kappa shape index (κ2) is 5.47. The fourth-order valence-electron chi connectivity index (χ4n) is 5.40. The van der Waals surface area contributed by atoms with Crippen LogP contribution in [0.2, 0.25) is 0 Å². The lowest BCUT2D eigenvalue weighted by atomic mass is 9.98. The zero-order valence-electron chi connectivity index (χ0n) is 15.5. The lowest BCUT2D eigenvalue weighted by Crippen LogP contribution is -2.39. The number of rotatable bonds is 2. The molecule has 6 rings (SSSR count). The first-order chi connectivity index (χ1) is 12.8. The molecule has 0 N–H and O–H groups in total. The summed E-state index contributed by atoms with van der Waals surface area (Å²) in [5, 5.41) is 1.50. The lowest BCUT2D eigenvalue weighted by molar-refractivity contribution is 0.172. The zero-order valence-corrected chi connectivity index (χ0v) is 15.5. The van der Waals surface area contributed by atoms with Crippen LogP contribution >= 0.6 is 0 Å². The number of hydrogen-bond acceptors (Lipinski definition) is 1. The van der Waals surface area contributed by atoms with E-state index in [0.29, 0.717) is 0 Å². The van der Waals surface area contributed by atoms with Gasteiger partial charge >= 0.3 is 0 Å². The Labute approximate surface area is 155 Å². The van der Waals surface area contributed by atoms with Crippen LogP contribution in [0.5, 0.6) is 0 Å². The van der Waals surface area contributed by atoms with Gasteiger partial charge in [-0.3, -0.25) is 4.90 Å². The molecule has 2 aliphatic heterocycles. The lowest BCUT2D eigenvalue weighted by Gasteiger charge is -2.33. The van der Waals surface area contributed by atoms with Crippen LogP contribution in [0.15, 0.2) is 42.5 Å². The minimum Gasteiger partial charge on any atom is -0.313 e. The molecule has 26 heavy (non-hydrogen) atoms. The number of hydrogen-bond donors (Lipinski definition) is 0. The number of aromatic nitrogens is 1. The molecule has 1 fully saturated rings. The maximum Gasteiger partial charge on any atom is 0.0567 e. The van der Waals surface area contributed by atoms with Crippen molar-refractivity contribution in [1.29, 1.82) is 0 Å². The van der Waals surface area contributed by atoms with Crippen molar-refractivity contribution in [3.05, 3.63) is 64.8 Å². The quantitative estimate of drug-likeness (QED) is 0.644. The Morgan fingerprint density at radius 2 is 1.73 bits per heavy atom. The average molecular weight is 342 g/mol. The van der Waals surface area contributed by atoms with Crippen molar-refractivity contribution in [2.45, 2.75) is 51.6 Å². The van der Waals surface area contributed by atoms with Gasteiger partial charge in [0.2, 0.25) is 0 Å². The molecule has 2 aromatic carbocycles. The van der Waals surface area contributed by atoms with Crippen molar-refractivity contribution < 1.29 is 0 Å². The molecular formula is C24H26N2. The van der Waals surface area contributed by atoms with Crippen LogP contribution in [0.1, 0.15) is 42.1 Å². The highest BCUT2D eigenvalue weighted by Crippen LogP contribution is 2.41. The molecule has 1 unspecified atom stereocenters. The van der Waals surface area contributed by atoms with Crippen molar-refractivity contribution >= 4 is 10.9 Å². The first kappa shape index (κ1) is 15.0. The summed E-state index contributed by atoms with van der Waals surface area (Å²) in [4.78, 5) is 2.74. The van der Waals surface area contributed by atoms with Gasteiger partial charge in [0.1, 0.15) is 0 Å². The number of para-hydroxylation sites is 2. The normalized spacial score (nSPS) is 20.5. The summed E-state index contributed by atoms with van der Waals surface area (Å²) in [6, 6.07) is 16.8. The van der Waals surface area contributed by atoms with Gasteiger partial charge in [-0.2, -0.15) is 0 Å². The third kappa shape index (κ3) is 2.08. The van der Waals surface area contributed by atoms with Crippen molar-refractivity contribution in [3.63, 3.8) is 0 Å². The van der Waals surface area contributed by atoms with Gasteiger partial charge < -0.3 is 4.57 Å². The summed E-state index contributed by atoms with van der Waals surface area (Å²) in [5.41, 5.74) is 9.10. The van der Waals surface area contributed by atoms with Crippen molar-refractivity contribution in [3.8, 4) is 5.69 Å². The summed E-state index contributed by atoms with van der Waals surface area (Å²) in [5.74, 6) is 0.945. The molecule has 3 heterocycles. The predicted molar refractivity (Wildman–Crippen MR) is 107 cm³/mol. The number of fused-ring (bicyclic) bond motifs is 5. The molecule has 3 aromatic rings. The van der Waals surface area contributed by atoms with E-state index in [2.05, 4.69) is 58.9 Å². The van der Waals surface area contributed by atoms with Crippen LogP contribution in [0.4, 0.5) is 0 Å². The molecule has 1 aromatic heterocycles. The van der Waals surface area contributed by atoms with Gasteiger partial charge in [0.05, 0.1) is 5.52 Å². The van der Waals surface area contributed by atoms with Crippen LogP contribution < -0.4 is 0 Å². The number of benzene rings is 2. The van der Waals surface area contributed by atoms with E-state index in [0.717, 1.165) is 31.3 Å². The van der Waals surface area contributed by atoms with E-state index in [1.165, 1.54) is 53.5 Å². The second-order valence-corrected chi connectivity index (χ2v) is 8.50. The number of aryl methyl sites for hydroxylation is 2. The van der Waals surface area contributed by atoms with Crippen molar-refractivity contribution in [2.75, 3.05) is 6.54 Å². The zero-order chi connectivity index (χ0) is 17.3. The standard InChI is InChI=1S/C24H26N2/c1-16(17-9-10-17)25-14-13-23-21(15-25)20-7-4-6-19-12-11-18-5-2-3-8-22(18)26(23)24(19)20/h2-8,16-17H,9-15H2,1H3. The van der Waals surface area contributed by atoms with Gasteiger partial charge in [0.15, 0.2) is 0 Å². The monoisotopic (exact) mass is 342 g/mol. The highest BCUT2D eigenvalue weighted by atomic mass is 15.2. The average Bonchev–Trinajstić information content (AvgIpc) is 3.49. The molecule has 132 valence electrons. The molecule has 1 aliphatic carbocycles. The Bertz CT molecular complexity index is 1010. The van der Waals surface area contributed by atoms with Gasteiger partial charge in [0.25, 0.3) is 0 Å². The van der Waals surface area contributed by atoms with E-state index in [1.54, 1.807) is 11.3 Å². The maximum absolute atomic E-state index is 2.74. The summed E-state index contributed by atoms with van der Waals surface area (Å²) in [7, 11) is 0. The largest absolute Gasteiger partial charge is 0.313 e. The SMILES string of the molecule is CC(C1CC1)N1CCc2c(c3cccc4c3n2-c2ccccc2CC4)C1. The molecule has 0 spiro atoms. The van der Waals surface area contributed by atoms with E-state index in [-0.39, 0.29) is 0 Å². The fourth-order valence-corrected chi connectivity index (χ4v) is 5.40. The van der Waals surface area contributed by atoms with Crippen molar-refractivity contribution in [1.82, 2.24) is 9.47 Å². The van der Waals surface area contributed by atoms with Crippen LogP contribution in [-0.4, -0.2) is 22.1 Å². The topological polar surface area (TPSA) is 8.17 Å². The summed E-state index contributed by atoms with van der Waals surface area (Å²) >= 11 is 0. The van der Waals surface area contributed by atoms with E-state index < -0.39 is 0 Å². The van der Waals surface area contributed by atoms with Gasteiger partial charge in [-0.25, -0.2) is 0 Å². The maximum atomic E-state index is 2.74. The first-order valence-electron chi connectivity index (χ1n) is 10.3. The Balaban J connectivity index is 1.57. The predicted octanol–water partition coefficient (Wildman–Crippen LogP) is 4.89. The summed E-state index contributed by atoms with van der Waals surface area (Å²) in [6.07, 6.45) is 6.35. The highest BCUT2D eigenvalue weighted by molar-refractivity contribution is 5.91. The molecule has 1 saturated carbocycles. The Morgan fingerprint density at radius 3 is 2.62 bits per heavy atom. The smallest absolute Gasteiger partial charge is 0.0567 e. The van der Waals surface area contributed by atoms with Gasteiger partial charge in [-0.1, -0.05) is 36.4 Å². The van der Waals surface area contributed by atoms with Gasteiger partial charge in [-0.15, -0.1) is 0 Å². The van der Waals surface area contributed by atoms with Gasteiger partial charge in [0, 0.05) is 42.3 Å². The first-order valence-corrected chi connectivity index (χ1v) is 10.3. The molecule has 1 atom stereocenters. The molecule has 0 radical (unpaired) electrons. The minimum absolute atomic E-state index is 0.741. The highest BCUT2D eigenvalue weighted by Gasteiger charge is 2.35. The Kier molecular flexibility index (Phi) is 3.16. The fraction of sp³-hybridized carbons (Fsp3) is 0.417. The van der Waals surface area contributed by atoms with Crippen LogP contribution in [-0.2, 0) is 25.8 Å². The third-order valence-electron chi connectivity index (χ3n) is 7.06. The van der Waals surface area contributed by atoms with E-state index in [4.69, 9.17) is 0 Å². The van der Waals surface area contributed by atoms with Crippen LogP contribution in [0.3, 0.4) is 0 Å². The molecule has 0 amide bonds. The molecule has 3 aliphatic rings. The number of nitrogens with zero attached hydrogens (tertiary/aromatic N) is 2.